The maximum Gasteiger partial charge on any atom is 0.0562 e. The zero-order valence-corrected chi connectivity index (χ0v) is 26.0. The Morgan fingerprint density at radius 3 is 1.74 bits per heavy atom. The van der Waals surface area contributed by atoms with Crippen molar-refractivity contribution in [3.05, 3.63) is 138 Å². The fraction of sp³-hybridized carbons (Fsp3) is 0.0789. The van der Waals surface area contributed by atoms with Gasteiger partial charge in [-0.1, -0.05) is 53.1 Å². The Morgan fingerprint density at radius 2 is 1.12 bits per heavy atom. The molecular formula is C38H28IrN3-. The normalized spacial score (nSPS) is 11.5. The van der Waals surface area contributed by atoms with Gasteiger partial charge in [0, 0.05) is 53.5 Å². The third kappa shape index (κ3) is 4.10. The number of hydrogen-bond donors (Lipinski definition) is 0. The second-order valence-electron chi connectivity index (χ2n) is 11.1. The van der Waals surface area contributed by atoms with Crippen LogP contribution in [0.1, 0.15) is 16.7 Å². The zero-order valence-electron chi connectivity index (χ0n) is 23.6. The molecule has 3 aromatic heterocycles. The number of aromatic nitrogens is 3. The number of fused-ring (bicyclic) bond motifs is 6. The maximum atomic E-state index is 4.59. The Hall–Kier alpha value is -4.50. The van der Waals surface area contributed by atoms with Crippen LogP contribution in [-0.2, 0) is 20.1 Å². The molecule has 0 N–H and O–H groups in total. The molecule has 1 radical (unpaired) electrons. The molecule has 0 saturated carbocycles. The molecule has 0 bridgehead atoms. The van der Waals surface area contributed by atoms with Gasteiger partial charge in [-0.2, -0.15) is 0 Å². The number of rotatable bonds is 3. The molecule has 0 amide bonds. The van der Waals surface area contributed by atoms with E-state index in [1.54, 1.807) is 0 Å². The van der Waals surface area contributed by atoms with E-state index in [4.69, 9.17) is 0 Å². The molecule has 8 aromatic rings. The van der Waals surface area contributed by atoms with E-state index in [1.165, 1.54) is 66.0 Å². The average Bonchev–Trinajstić information content (AvgIpc) is 3.48. The molecule has 205 valence electrons. The van der Waals surface area contributed by atoms with E-state index in [-0.39, 0.29) is 20.1 Å². The summed E-state index contributed by atoms with van der Waals surface area (Å²) < 4.78 is 4.81. The Kier molecular flexibility index (Phi) is 6.35. The van der Waals surface area contributed by atoms with Crippen LogP contribution in [0.4, 0.5) is 0 Å². The molecule has 0 aliphatic rings. The summed E-state index contributed by atoms with van der Waals surface area (Å²) in [6.07, 6.45) is 1.83. The number of benzene rings is 5. The van der Waals surface area contributed by atoms with Gasteiger partial charge in [-0.25, -0.2) is 0 Å². The maximum absolute atomic E-state index is 4.59. The molecule has 42 heavy (non-hydrogen) atoms. The molecule has 3 heterocycles. The largest absolute Gasteiger partial charge is 0.327 e. The van der Waals surface area contributed by atoms with Crippen LogP contribution in [0.2, 0.25) is 0 Å². The second-order valence-corrected chi connectivity index (χ2v) is 11.1. The SMILES string of the molecule is Cc1ccc(-n2c3ccc(C)cc3c3cc4c5cc(C)ccc5n(-c5cc[c-]c(-c6ccccn6)c5)c4cc32)cc1.[Ir]. The van der Waals surface area contributed by atoms with Gasteiger partial charge in [-0.3, -0.25) is 0 Å². The van der Waals surface area contributed by atoms with E-state index in [0.717, 1.165) is 16.9 Å². The summed E-state index contributed by atoms with van der Waals surface area (Å²) in [5.41, 5.74) is 12.8. The van der Waals surface area contributed by atoms with Crippen molar-refractivity contribution in [1.82, 2.24) is 14.1 Å². The van der Waals surface area contributed by atoms with Crippen molar-refractivity contribution >= 4 is 43.6 Å². The smallest absolute Gasteiger partial charge is 0.0562 e. The molecule has 5 aromatic carbocycles. The van der Waals surface area contributed by atoms with Gasteiger partial charge < -0.3 is 14.1 Å². The van der Waals surface area contributed by atoms with Crippen LogP contribution < -0.4 is 0 Å². The van der Waals surface area contributed by atoms with Crippen LogP contribution in [0.25, 0.3) is 66.2 Å². The first-order valence-corrected chi connectivity index (χ1v) is 14.1. The number of nitrogens with zero attached hydrogens (tertiary/aromatic N) is 3. The molecule has 0 unspecified atom stereocenters. The number of pyridine rings is 1. The summed E-state index contributed by atoms with van der Waals surface area (Å²) in [6.45, 7) is 6.48. The van der Waals surface area contributed by atoms with Crippen LogP contribution in [0.5, 0.6) is 0 Å². The molecule has 0 atom stereocenters. The molecule has 0 spiro atoms. The van der Waals surface area contributed by atoms with Crippen LogP contribution in [0.3, 0.4) is 0 Å². The fourth-order valence-corrected chi connectivity index (χ4v) is 6.27. The molecule has 3 nitrogen and oxygen atoms in total. The Bertz CT molecular complexity index is 2270. The van der Waals surface area contributed by atoms with E-state index in [9.17, 15) is 0 Å². The third-order valence-corrected chi connectivity index (χ3v) is 8.24. The zero-order chi connectivity index (χ0) is 27.7. The van der Waals surface area contributed by atoms with Crippen molar-refractivity contribution in [2.24, 2.45) is 0 Å². The Labute approximate surface area is 258 Å². The minimum atomic E-state index is 0. The van der Waals surface area contributed by atoms with Gasteiger partial charge in [0.25, 0.3) is 0 Å². The summed E-state index contributed by atoms with van der Waals surface area (Å²) >= 11 is 0. The molecule has 0 aliphatic carbocycles. The van der Waals surface area contributed by atoms with E-state index < -0.39 is 0 Å². The first-order chi connectivity index (χ1) is 20.0. The predicted octanol–water partition coefficient (Wildman–Crippen LogP) is 9.67. The second kappa shape index (κ2) is 10.1. The molecule has 0 aliphatic heterocycles. The van der Waals surface area contributed by atoms with Crippen molar-refractivity contribution in [2.45, 2.75) is 20.8 Å². The van der Waals surface area contributed by atoms with Crippen LogP contribution in [0.15, 0.2) is 115 Å². The standard InChI is InChI=1S/C38H28N3.Ir/c1-24-10-14-28(15-11-24)40-35-16-12-25(2)19-30(35)32-22-33-31-20-26(3)13-17-36(31)41(38(33)23-37(32)40)29-8-6-7-27(21-29)34-9-4-5-18-39-34;/h4-6,8-23H,1-3H3;/q-1;. The van der Waals surface area contributed by atoms with Gasteiger partial charge >= 0.3 is 0 Å². The third-order valence-electron chi connectivity index (χ3n) is 8.24. The van der Waals surface area contributed by atoms with E-state index in [1.807, 2.05) is 30.5 Å². The predicted molar refractivity (Wildman–Crippen MR) is 171 cm³/mol. The molecular weight excluding hydrogens is 691 g/mol. The summed E-state index contributed by atoms with van der Waals surface area (Å²) in [6, 6.07) is 43.0. The van der Waals surface area contributed by atoms with E-state index >= 15 is 0 Å². The first kappa shape index (κ1) is 26.4. The molecule has 0 fully saturated rings. The molecule has 4 heteroatoms. The van der Waals surface area contributed by atoms with Crippen molar-refractivity contribution < 1.29 is 20.1 Å². The molecule has 8 rings (SSSR count). The van der Waals surface area contributed by atoms with Gasteiger partial charge in [0.15, 0.2) is 0 Å². The van der Waals surface area contributed by atoms with E-state index in [0.29, 0.717) is 0 Å². The quantitative estimate of drug-likeness (QED) is 0.167. The summed E-state index contributed by atoms with van der Waals surface area (Å²) in [5, 5.41) is 5.07. The van der Waals surface area contributed by atoms with Crippen LogP contribution >= 0.6 is 0 Å². The monoisotopic (exact) mass is 719 g/mol. The topological polar surface area (TPSA) is 22.8 Å². The number of aryl methyl sites for hydroxylation is 3. The minimum Gasteiger partial charge on any atom is -0.327 e. The van der Waals surface area contributed by atoms with Crippen molar-refractivity contribution in [1.29, 1.82) is 0 Å². The van der Waals surface area contributed by atoms with Gasteiger partial charge in [0.05, 0.1) is 22.1 Å². The van der Waals surface area contributed by atoms with Crippen molar-refractivity contribution in [3.63, 3.8) is 0 Å². The fourth-order valence-electron chi connectivity index (χ4n) is 6.27. The van der Waals surface area contributed by atoms with Crippen LogP contribution in [-0.4, -0.2) is 14.1 Å². The van der Waals surface area contributed by atoms with Crippen molar-refractivity contribution in [2.75, 3.05) is 0 Å². The van der Waals surface area contributed by atoms with E-state index in [2.05, 4.69) is 126 Å². The average molecular weight is 719 g/mol. The van der Waals surface area contributed by atoms with Crippen molar-refractivity contribution in [3.8, 4) is 22.6 Å². The summed E-state index contributed by atoms with van der Waals surface area (Å²) in [4.78, 5) is 4.59. The summed E-state index contributed by atoms with van der Waals surface area (Å²) in [5.74, 6) is 0. The minimum absolute atomic E-state index is 0. The van der Waals surface area contributed by atoms with Gasteiger partial charge in [0.2, 0.25) is 0 Å². The summed E-state index contributed by atoms with van der Waals surface area (Å²) in [7, 11) is 0. The van der Waals surface area contributed by atoms with Gasteiger partial charge in [-0.15, -0.1) is 29.8 Å². The number of hydrogen-bond acceptors (Lipinski definition) is 1. The van der Waals surface area contributed by atoms with Crippen LogP contribution in [0, 0.1) is 26.8 Å². The Balaban J connectivity index is 0.00000288. The van der Waals surface area contributed by atoms with Gasteiger partial charge in [-0.05, 0) is 86.7 Å². The Morgan fingerprint density at radius 1 is 0.524 bits per heavy atom. The molecule has 0 saturated heterocycles. The first-order valence-electron chi connectivity index (χ1n) is 14.1. The van der Waals surface area contributed by atoms with Gasteiger partial charge in [0.1, 0.15) is 0 Å².